The van der Waals surface area contributed by atoms with Gasteiger partial charge in [0.15, 0.2) is 5.78 Å². The molecule has 0 saturated carbocycles. The number of piperidine rings is 2. The Balaban J connectivity index is 2.00. The van der Waals surface area contributed by atoms with Gasteiger partial charge in [0, 0.05) is 0 Å². The van der Waals surface area contributed by atoms with Crippen LogP contribution < -0.4 is 9.80 Å². The number of quaternary nitrogens is 2. The number of rotatable bonds is 4. The maximum atomic E-state index is 13.1. The molecule has 4 saturated heterocycles. The Bertz CT molecular complexity index is 308. The second kappa shape index (κ2) is 4.31. The summed E-state index contributed by atoms with van der Waals surface area (Å²) in [4.78, 5) is 16.6. The van der Waals surface area contributed by atoms with Crippen LogP contribution in [-0.2, 0) is 4.79 Å². The summed E-state index contributed by atoms with van der Waals surface area (Å²) >= 11 is 0. The standard InChI is InChI=1S/C15H26N2O/c1-3-5-14-9-16-7-8-17(10-14)12-15(11-16,6-4-2)13(14)18/h3-12H2,1-2H3/p+2. The van der Waals surface area contributed by atoms with E-state index >= 15 is 0 Å². The predicted molar refractivity (Wildman–Crippen MR) is 70.8 cm³/mol. The van der Waals surface area contributed by atoms with Gasteiger partial charge in [-0.25, -0.2) is 0 Å². The Morgan fingerprint density at radius 1 is 0.889 bits per heavy atom. The molecule has 0 atom stereocenters. The summed E-state index contributed by atoms with van der Waals surface area (Å²) in [6.07, 6.45) is 4.58. The summed E-state index contributed by atoms with van der Waals surface area (Å²) in [5.74, 6) is 0.660. The molecular weight excluding hydrogens is 224 g/mol. The summed E-state index contributed by atoms with van der Waals surface area (Å²) in [7, 11) is 0. The van der Waals surface area contributed by atoms with Crippen molar-refractivity contribution in [1.82, 2.24) is 0 Å². The molecule has 0 aromatic rings. The van der Waals surface area contributed by atoms with Crippen molar-refractivity contribution in [2.45, 2.75) is 39.5 Å². The summed E-state index contributed by atoms with van der Waals surface area (Å²) in [6.45, 7) is 11.6. The second-order valence-electron chi connectivity index (χ2n) is 7.10. The number of fused-ring (bicyclic) bond motifs is 1. The average Bonchev–Trinajstić information content (AvgIpc) is 2.54. The highest BCUT2D eigenvalue weighted by Crippen LogP contribution is 2.39. The van der Waals surface area contributed by atoms with E-state index in [1.807, 2.05) is 0 Å². The van der Waals surface area contributed by atoms with Gasteiger partial charge in [0.25, 0.3) is 0 Å². The highest BCUT2D eigenvalue weighted by Gasteiger charge is 2.65. The molecule has 4 fully saturated rings. The number of hydrogen-bond acceptors (Lipinski definition) is 1. The normalized spacial score (nSPS) is 46.4. The van der Waals surface area contributed by atoms with Gasteiger partial charge >= 0.3 is 0 Å². The molecule has 4 heterocycles. The Morgan fingerprint density at radius 2 is 1.28 bits per heavy atom. The number of hydrogen-bond donors (Lipinski definition) is 2. The first-order valence-electron chi connectivity index (χ1n) is 7.86. The van der Waals surface area contributed by atoms with Crippen LogP contribution in [0.25, 0.3) is 0 Å². The summed E-state index contributed by atoms with van der Waals surface area (Å²) in [5.41, 5.74) is 0.0865. The molecule has 3 heteroatoms. The van der Waals surface area contributed by atoms with Crippen molar-refractivity contribution >= 4 is 5.78 Å². The van der Waals surface area contributed by atoms with Crippen LogP contribution in [0.2, 0.25) is 0 Å². The van der Waals surface area contributed by atoms with Crippen molar-refractivity contribution in [2.75, 3.05) is 39.3 Å². The zero-order valence-electron chi connectivity index (χ0n) is 12.0. The van der Waals surface area contributed by atoms with Crippen molar-refractivity contribution in [3.8, 4) is 0 Å². The number of ketones is 1. The van der Waals surface area contributed by atoms with E-state index in [4.69, 9.17) is 0 Å². The van der Waals surface area contributed by atoms with E-state index in [0.29, 0.717) is 5.78 Å². The molecule has 4 bridgehead atoms. The van der Waals surface area contributed by atoms with Crippen LogP contribution in [-0.4, -0.2) is 45.1 Å². The molecule has 0 amide bonds. The van der Waals surface area contributed by atoms with Crippen molar-refractivity contribution in [3.05, 3.63) is 0 Å². The number of nitrogens with one attached hydrogen (secondary N) is 2. The molecular formula is C15H28N2O+2. The van der Waals surface area contributed by atoms with E-state index in [9.17, 15) is 4.79 Å². The smallest absolute Gasteiger partial charge is 0.167 e. The Labute approximate surface area is 111 Å². The van der Waals surface area contributed by atoms with Crippen molar-refractivity contribution in [1.29, 1.82) is 0 Å². The van der Waals surface area contributed by atoms with Gasteiger partial charge in [-0.1, -0.05) is 26.7 Å². The minimum atomic E-state index is 0.0432. The molecule has 0 radical (unpaired) electrons. The van der Waals surface area contributed by atoms with Gasteiger partial charge in [0.2, 0.25) is 0 Å². The van der Waals surface area contributed by atoms with E-state index < -0.39 is 0 Å². The largest absolute Gasteiger partial charge is 0.328 e. The SMILES string of the molecule is CCCC12C[NH+]3CC[NH+](C1)CC(CCC)(C3)C2=O. The first-order valence-corrected chi connectivity index (χ1v) is 7.86. The van der Waals surface area contributed by atoms with Gasteiger partial charge in [-0.15, -0.1) is 0 Å². The van der Waals surface area contributed by atoms with Crippen LogP contribution in [0.5, 0.6) is 0 Å². The first kappa shape index (κ1) is 12.6. The monoisotopic (exact) mass is 252 g/mol. The lowest BCUT2D eigenvalue weighted by Crippen LogP contribution is -3.18. The Hall–Kier alpha value is -0.410. The molecule has 2 N–H and O–H groups in total. The molecule has 4 aliphatic rings. The zero-order chi connectivity index (χ0) is 12.8. The van der Waals surface area contributed by atoms with E-state index in [1.165, 1.54) is 13.1 Å². The minimum Gasteiger partial charge on any atom is -0.328 e. The van der Waals surface area contributed by atoms with E-state index in [-0.39, 0.29) is 10.8 Å². The van der Waals surface area contributed by atoms with Gasteiger partial charge < -0.3 is 9.80 Å². The van der Waals surface area contributed by atoms with Crippen LogP contribution in [0.15, 0.2) is 0 Å². The van der Waals surface area contributed by atoms with E-state index in [0.717, 1.165) is 51.9 Å². The number of Topliss-reactive ketones (excluding diaryl/α,β-unsaturated/α-hetero) is 1. The van der Waals surface area contributed by atoms with Crippen LogP contribution in [0.3, 0.4) is 0 Å². The van der Waals surface area contributed by atoms with Gasteiger partial charge in [0.1, 0.15) is 23.9 Å². The third-order valence-electron chi connectivity index (χ3n) is 5.61. The quantitative estimate of drug-likeness (QED) is 0.655. The molecule has 18 heavy (non-hydrogen) atoms. The third-order valence-corrected chi connectivity index (χ3v) is 5.61. The number of carbonyl (C=O) groups is 1. The lowest BCUT2D eigenvalue weighted by molar-refractivity contribution is -0.918. The maximum Gasteiger partial charge on any atom is 0.167 e. The number of carbonyl (C=O) groups excluding carboxylic acids is 1. The fourth-order valence-corrected chi connectivity index (χ4v) is 5.29. The average molecular weight is 252 g/mol. The summed E-state index contributed by atoms with van der Waals surface area (Å²) in [6, 6.07) is 0. The van der Waals surface area contributed by atoms with Crippen LogP contribution >= 0.6 is 0 Å². The molecule has 0 aliphatic carbocycles. The van der Waals surface area contributed by atoms with Crippen molar-refractivity contribution in [2.24, 2.45) is 10.8 Å². The van der Waals surface area contributed by atoms with Gasteiger partial charge in [0.05, 0.1) is 26.2 Å². The lowest BCUT2D eigenvalue weighted by Gasteiger charge is -2.50. The molecule has 0 aromatic carbocycles. The fourth-order valence-electron chi connectivity index (χ4n) is 5.29. The summed E-state index contributed by atoms with van der Waals surface area (Å²) < 4.78 is 0. The van der Waals surface area contributed by atoms with Gasteiger partial charge in [-0.2, -0.15) is 0 Å². The molecule has 0 aromatic heterocycles. The highest BCUT2D eigenvalue weighted by atomic mass is 16.1. The highest BCUT2D eigenvalue weighted by molar-refractivity contribution is 5.92. The fraction of sp³-hybridized carbons (Fsp3) is 0.933. The maximum absolute atomic E-state index is 13.1. The molecule has 3 nitrogen and oxygen atoms in total. The van der Waals surface area contributed by atoms with Crippen LogP contribution in [0, 0.1) is 10.8 Å². The molecule has 4 rings (SSSR count). The first-order chi connectivity index (χ1) is 8.64. The minimum absolute atomic E-state index is 0.0432. The molecule has 102 valence electrons. The molecule has 0 unspecified atom stereocenters. The van der Waals surface area contributed by atoms with Crippen molar-refractivity contribution < 1.29 is 14.6 Å². The van der Waals surface area contributed by atoms with E-state index in [2.05, 4.69) is 13.8 Å². The third kappa shape index (κ3) is 1.67. The van der Waals surface area contributed by atoms with Gasteiger partial charge in [-0.05, 0) is 12.8 Å². The topological polar surface area (TPSA) is 26.0 Å². The Morgan fingerprint density at radius 3 is 1.61 bits per heavy atom. The Kier molecular flexibility index (Phi) is 3.02. The van der Waals surface area contributed by atoms with E-state index in [1.54, 1.807) is 9.80 Å². The molecule has 4 aliphatic heterocycles. The summed E-state index contributed by atoms with van der Waals surface area (Å²) in [5, 5.41) is 0. The molecule has 0 spiro atoms. The van der Waals surface area contributed by atoms with Crippen LogP contribution in [0.4, 0.5) is 0 Å². The van der Waals surface area contributed by atoms with Gasteiger partial charge in [-0.3, -0.25) is 4.79 Å². The van der Waals surface area contributed by atoms with Crippen LogP contribution in [0.1, 0.15) is 39.5 Å². The second-order valence-corrected chi connectivity index (χ2v) is 7.10. The predicted octanol–water partition coefficient (Wildman–Crippen LogP) is -1.06. The zero-order valence-corrected chi connectivity index (χ0v) is 12.0. The lowest BCUT2D eigenvalue weighted by atomic mass is 9.60. The van der Waals surface area contributed by atoms with Crippen molar-refractivity contribution in [3.63, 3.8) is 0 Å².